The molecule has 120 valence electrons. The van der Waals surface area contributed by atoms with Gasteiger partial charge in [0.05, 0.1) is 10.7 Å². The Bertz CT molecular complexity index is 916. The van der Waals surface area contributed by atoms with Crippen LogP contribution in [0.15, 0.2) is 34.9 Å². The maximum Gasteiger partial charge on any atom is 0.250 e. The number of sulfone groups is 1. The molecule has 0 aromatic carbocycles. The number of rotatable bonds is 5. The molecule has 0 spiro atoms. The fraction of sp³-hybridized carbons (Fsp3) is 0.286. The smallest absolute Gasteiger partial charge is 0.250 e. The fourth-order valence-electron chi connectivity index (χ4n) is 2.22. The fourth-order valence-corrected chi connectivity index (χ4v) is 4.32. The van der Waals surface area contributed by atoms with Gasteiger partial charge < -0.3 is 0 Å². The van der Waals surface area contributed by atoms with Crippen LogP contribution in [0.5, 0.6) is 0 Å². The van der Waals surface area contributed by atoms with Crippen LogP contribution in [0.2, 0.25) is 0 Å². The summed E-state index contributed by atoms with van der Waals surface area (Å²) in [4.78, 5) is 8.42. The Morgan fingerprint density at radius 1 is 1.26 bits per heavy atom. The van der Waals surface area contributed by atoms with E-state index in [1.54, 1.807) is 28.3 Å². The third kappa shape index (κ3) is 3.15. The summed E-state index contributed by atoms with van der Waals surface area (Å²) in [6.45, 7) is 4.12. The lowest BCUT2D eigenvalue weighted by Gasteiger charge is -2.07. The topological polar surface area (TPSA) is 90.6 Å². The van der Waals surface area contributed by atoms with Gasteiger partial charge in [0.25, 0.3) is 0 Å². The second kappa shape index (κ2) is 6.17. The summed E-state index contributed by atoms with van der Waals surface area (Å²) in [5.74, 6) is 0.263. The van der Waals surface area contributed by atoms with E-state index in [1.807, 2.05) is 19.9 Å². The predicted molar refractivity (Wildman–Crippen MR) is 86.7 cm³/mol. The Balaban J connectivity index is 2.01. The van der Waals surface area contributed by atoms with Gasteiger partial charge in [0, 0.05) is 18.1 Å². The van der Waals surface area contributed by atoms with Crippen LogP contribution in [-0.2, 0) is 22.1 Å². The quantitative estimate of drug-likeness (QED) is 0.700. The van der Waals surface area contributed by atoms with E-state index in [0.717, 1.165) is 5.01 Å². The van der Waals surface area contributed by atoms with E-state index >= 15 is 0 Å². The van der Waals surface area contributed by atoms with Gasteiger partial charge in [0.1, 0.15) is 11.4 Å². The molecule has 0 bridgehead atoms. The molecule has 0 radical (unpaired) electrons. The Labute approximate surface area is 138 Å². The summed E-state index contributed by atoms with van der Waals surface area (Å²) in [6, 6.07) is 5.39. The van der Waals surface area contributed by atoms with Crippen molar-refractivity contribution in [2.45, 2.75) is 31.3 Å². The molecule has 0 saturated carbocycles. The van der Waals surface area contributed by atoms with Crippen molar-refractivity contribution in [3.05, 3.63) is 40.5 Å². The second-order valence-corrected chi connectivity index (χ2v) is 7.83. The second-order valence-electron chi connectivity index (χ2n) is 4.88. The lowest BCUT2D eigenvalue weighted by atomic mass is 10.3. The molecule has 0 saturated heterocycles. The molecule has 3 aromatic heterocycles. The summed E-state index contributed by atoms with van der Waals surface area (Å²) in [5, 5.41) is 10.5. The van der Waals surface area contributed by atoms with Gasteiger partial charge >= 0.3 is 0 Å². The maximum absolute atomic E-state index is 12.7. The van der Waals surface area contributed by atoms with Gasteiger partial charge in [-0.05, 0) is 26.0 Å². The zero-order chi connectivity index (χ0) is 16.4. The van der Waals surface area contributed by atoms with Crippen molar-refractivity contribution in [3.63, 3.8) is 0 Å². The van der Waals surface area contributed by atoms with E-state index in [4.69, 9.17) is 0 Å². The van der Waals surface area contributed by atoms with Crippen LogP contribution in [0.25, 0.3) is 11.5 Å². The lowest BCUT2D eigenvalue weighted by Crippen LogP contribution is -2.13. The first kappa shape index (κ1) is 15.8. The highest BCUT2D eigenvalue weighted by molar-refractivity contribution is 7.90. The first-order valence-corrected chi connectivity index (χ1v) is 9.53. The number of aryl methyl sites for hydroxylation is 1. The molecule has 0 unspecified atom stereocenters. The highest BCUT2D eigenvalue weighted by Crippen LogP contribution is 2.21. The van der Waals surface area contributed by atoms with Crippen molar-refractivity contribution >= 4 is 21.2 Å². The van der Waals surface area contributed by atoms with Crippen molar-refractivity contribution in [2.75, 3.05) is 0 Å². The summed E-state index contributed by atoms with van der Waals surface area (Å²) in [5.41, 5.74) is 1.12. The molecule has 0 aliphatic heterocycles. The molecule has 3 heterocycles. The Kier molecular flexibility index (Phi) is 4.22. The van der Waals surface area contributed by atoms with E-state index in [1.165, 1.54) is 11.3 Å². The minimum atomic E-state index is -3.62. The van der Waals surface area contributed by atoms with Crippen molar-refractivity contribution in [2.24, 2.45) is 0 Å². The van der Waals surface area contributed by atoms with E-state index < -0.39 is 9.84 Å². The highest BCUT2D eigenvalue weighted by atomic mass is 32.2. The van der Waals surface area contributed by atoms with Crippen LogP contribution in [0.4, 0.5) is 0 Å². The van der Waals surface area contributed by atoms with Crippen molar-refractivity contribution in [3.8, 4) is 11.5 Å². The van der Waals surface area contributed by atoms with Crippen molar-refractivity contribution in [1.29, 1.82) is 0 Å². The molecule has 3 rings (SSSR count). The molecule has 0 aliphatic carbocycles. The van der Waals surface area contributed by atoms with Crippen LogP contribution >= 0.6 is 11.3 Å². The first-order valence-electron chi connectivity index (χ1n) is 6.99. The highest BCUT2D eigenvalue weighted by Gasteiger charge is 2.26. The molecule has 0 N–H and O–H groups in total. The van der Waals surface area contributed by atoms with Crippen molar-refractivity contribution < 1.29 is 8.42 Å². The summed E-state index contributed by atoms with van der Waals surface area (Å²) in [6.07, 6.45) is 1.64. The summed E-state index contributed by atoms with van der Waals surface area (Å²) in [7, 11) is -3.62. The van der Waals surface area contributed by atoms with Gasteiger partial charge in [-0.3, -0.25) is 9.55 Å². The summed E-state index contributed by atoms with van der Waals surface area (Å²) >= 11 is 1.42. The van der Waals surface area contributed by atoms with Gasteiger partial charge in [-0.2, -0.15) is 0 Å². The van der Waals surface area contributed by atoms with Crippen molar-refractivity contribution in [1.82, 2.24) is 24.7 Å². The molecule has 7 nitrogen and oxygen atoms in total. The standard InChI is InChI=1S/C14H15N5O2S2/c1-3-19-13(12-6-4-5-7-15-12)17-18-14(19)23(20,21)9-11-8-22-10(2)16-11/h4-8H,3,9H2,1-2H3. The molecule has 9 heteroatoms. The largest absolute Gasteiger partial charge is 0.297 e. The van der Waals surface area contributed by atoms with Gasteiger partial charge in [-0.15, -0.1) is 21.5 Å². The zero-order valence-corrected chi connectivity index (χ0v) is 14.3. The predicted octanol–water partition coefficient (Wildman–Crippen LogP) is 2.10. The van der Waals surface area contributed by atoms with Crippen LogP contribution in [-0.4, -0.2) is 33.2 Å². The first-order chi connectivity index (χ1) is 11.0. The Morgan fingerprint density at radius 2 is 2.09 bits per heavy atom. The number of pyridine rings is 1. The van der Waals surface area contributed by atoms with E-state index in [-0.39, 0.29) is 10.9 Å². The molecule has 0 atom stereocenters. The number of hydrogen-bond donors (Lipinski definition) is 0. The van der Waals surface area contributed by atoms with Crippen LogP contribution < -0.4 is 0 Å². The van der Waals surface area contributed by atoms with Gasteiger partial charge in [0.2, 0.25) is 15.0 Å². The molecular weight excluding hydrogens is 334 g/mol. The number of hydrogen-bond acceptors (Lipinski definition) is 7. The monoisotopic (exact) mass is 349 g/mol. The molecule has 0 aliphatic rings. The molecular formula is C14H15N5O2S2. The van der Waals surface area contributed by atoms with Crippen LogP contribution in [0, 0.1) is 6.92 Å². The Morgan fingerprint density at radius 3 is 2.70 bits per heavy atom. The van der Waals surface area contributed by atoms with Gasteiger partial charge in [0.15, 0.2) is 5.82 Å². The van der Waals surface area contributed by atoms with E-state index in [9.17, 15) is 8.42 Å². The van der Waals surface area contributed by atoms with E-state index in [0.29, 0.717) is 23.8 Å². The molecule has 0 amide bonds. The SMILES string of the molecule is CCn1c(-c2ccccn2)nnc1S(=O)(=O)Cc1csc(C)n1. The number of nitrogens with zero attached hydrogens (tertiary/aromatic N) is 5. The minimum absolute atomic E-state index is 0.0497. The number of aromatic nitrogens is 5. The molecule has 23 heavy (non-hydrogen) atoms. The zero-order valence-electron chi connectivity index (χ0n) is 12.7. The average Bonchev–Trinajstić information content (AvgIpc) is 3.14. The maximum atomic E-state index is 12.7. The Hall–Kier alpha value is -2.13. The average molecular weight is 349 g/mol. The van der Waals surface area contributed by atoms with Gasteiger partial charge in [-0.1, -0.05) is 6.07 Å². The lowest BCUT2D eigenvalue weighted by molar-refractivity contribution is 0.568. The third-order valence-electron chi connectivity index (χ3n) is 3.21. The normalized spacial score (nSPS) is 11.7. The minimum Gasteiger partial charge on any atom is -0.297 e. The van der Waals surface area contributed by atoms with Crippen LogP contribution in [0.3, 0.4) is 0 Å². The molecule has 3 aromatic rings. The number of thiazole rings is 1. The van der Waals surface area contributed by atoms with E-state index in [2.05, 4.69) is 20.2 Å². The van der Waals surface area contributed by atoms with Crippen LogP contribution in [0.1, 0.15) is 17.6 Å². The summed E-state index contributed by atoms with van der Waals surface area (Å²) < 4.78 is 26.9. The van der Waals surface area contributed by atoms with Gasteiger partial charge in [-0.25, -0.2) is 13.4 Å². The third-order valence-corrected chi connectivity index (χ3v) is 5.57. The molecule has 0 fully saturated rings.